The van der Waals surface area contributed by atoms with Crippen LogP contribution in [-0.4, -0.2) is 41.8 Å². The molecule has 1 aromatic carbocycles. The molecule has 0 saturated heterocycles. The molecule has 136 valence electrons. The lowest BCUT2D eigenvalue weighted by atomic mass is 9.96. The summed E-state index contributed by atoms with van der Waals surface area (Å²) in [5.41, 5.74) is 4.42. The SMILES string of the molecule is CC(O)OCC(=O)Nc1cncc(-c2ccc3c(c2)CCC(=O)N3C)c1. The van der Waals surface area contributed by atoms with Crippen molar-refractivity contribution in [3.63, 3.8) is 0 Å². The van der Waals surface area contributed by atoms with Gasteiger partial charge in [0, 0.05) is 30.9 Å². The minimum absolute atomic E-state index is 0.121. The second-order valence-corrected chi connectivity index (χ2v) is 6.22. The first-order chi connectivity index (χ1) is 12.4. The number of aromatic nitrogens is 1. The molecule has 2 heterocycles. The molecule has 1 unspecified atom stereocenters. The van der Waals surface area contributed by atoms with Crippen molar-refractivity contribution >= 4 is 23.2 Å². The number of benzene rings is 1. The quantitative estimate of drug-likeness (QED) is 0.800. The van der Waals surface area contributed by atoms with Gasteiger partial charge in [-0.2, -0.15) is 0 Å². The third kappa shape index (κ3) is 4.07. The van der Waals surface area contributed by atoms with E-state index in [0.29, 0.717) is 18.5 Å². The third-order valence-corrected chi connectivity index (χ3v) is 4.23. The number of nitrogens with zero attached hydrogens (tertiary/aromatic N) is 2. The number of hydrogen-bond donors (Lipinski definition) is 2. The molecule has 26 heavy (non-hydrogen) atoms. The van der Waals surface area contributed by atoms with Crippen LogP contribution in [0, 0.1) is 0 Å². The highest BCUT2D eigenvalue weighted by molar-refractivity contribution is 5.96. The number of aliphatic hydroxyl groups excluding tert-OH is 1. The van der Waals surface area contributed by atoms with Gasteiger partial charge in [-0.1, -0.05) is 6.07 Å². The predicted molar refractivity (Wildman–Crippen MR) is 97.7 cm³/mol. The zero-order valence-electron chi connectivity index (χ0n) is 14.7. The largest absolute Gasteiger partial charge is 0.368 e. The van der Waals surface area contributed by atoms with Crippen molar-refractivity contribution < 1.29 is 19.4 Å². The summed E-state index contributed by atoms with van der Waals surface area (Å²) in [6.45, 7) is 1.21. The van der Waals surface area contributed by atoms with Crippen LogP contribution < -0.4 is 10.2 Å². The van der Waals surface area contributed by atoms with Crippen LogP contribution in [0.25, 0.3) is 11.1 Å². The smallest absolute Gasteiger partial charge is 0.250 e. The van der Waals surface area contributed by atoms with E-state index in [1.165, 1.54) is 6.92 Å². The Morgan fingerprint density at radius 2 is 2.12 bits per heavy atom. The first-order valence-corrected chi connectivity index (χ1v) is 8.38. The van der Waals surface area contributed by atoms with Gasteiger partial charge in [-0.3, -0.25) is 14.6 Å². The van der Waals surface area contributed by atoms with Crippen LogP contribution in [0.2, 0.25) is 0 Å². The summed E-state index contributed by atoms with van der Waals surface area (Å²) in [4.78, 5) is 29.5. The molecule has 0 fully saturated rings. The standard InChI is InChI=1S/C19H21N3O4/c1-12(23)26-11-18(24)21-16-8-15(9-20-10-16)13-3-5-17-14(7-13)4-6-19(25)22(17)2/h3,5,7-10,12,23H,4,6,11H2,1-2H3,(H,21,24). The molecule has 7 heteroatoms. The molecule has 1 aliphatic rings. The fourth-order valence-electron chi connectivity index (χ4n) is 2.90. The Bertz CT molecular complexity index is 835. The number of rotatable bonds is 5. The average molecular weight is 355 g/mol. The number of aryl methyl sites for hydroxylation is 1. The Kier molecular flexibility index (Phi) is 5.29. The highest BCUT2D eigenvalue weighted by atomic mass is 16.6. The number of hydrogen-bond acceptors (Lipinski definition) is 5. The zero-order chi connectivity index (χ0) is 18.7. The van der Waals surface area contributed by atoms with Gasteiger partial charge in [0.1, 0.15) is 6.61 Å². The third-order valence-electron chi connectivity index (χ3n) is 4.23. The molecule has 3 rings (SSSR count). The minimum Gasteiger partial charge on any atom is -0.368 e. The van der Waals surface area contributed by atoms with Crippen LogP contribution in [-0.2, 0) is 20.7 Å². The lowest BCUT2D eigenvalue weighted by molar-refractivity contribution is -0.133. The van der Waals surface area contributed by atoms with Crippen molar-refractivity contribution in [2.75, 3.05) is 23.9 Å². The number of anilines is 2. The van der Waals surface area contributed by atoms with E-state index < -0.39 is 6.29 Å². The number of amides is 2. The van der Waals surface area contributed by atoms with Crippen molar-refractivity contribution in [2.45, 2.75) is 26.1 Å². The number of carbonyl (C=O) groups excluding carboxylic acids is 2. The summed E-state index contributed by atoms with van der Waals surface area (Å²) < 4.78 is 4.86. The maximum absolute atomic E-state index is 11.8. The van der Waals surface area contributed by atoms with Crippen LogP contribution in [0.5, 0.6) is 0 Å². The van der Waals surface area contributed by atoms with E-state index in [4.69, 9.17) is 9.84 Å². The van der Waals surface area contributed by atoms with E-state index in [2.05, 4.69) is 16.4 Å². The van der Waals surface area contributed by atoms with Crippen LogP contribution in [0.3, 0.4) is 0 Å². The lowest BCUT2D eigenvalue weighted by Crippen LogP contribution is -2.30. The van der Waals surface area contributed by atoms with E-state index in [9.17, 15) is 9.59 Å². The van der Waals surface area contributed by atoms with Gasteiger partial charge >= 0.3 is 0 Å². The van der Waals surface area contributed by atoms with Crippen LogP contribution in [0.4, 0.5) is 11.4 Å². The first-order valence-electron chi connectivity index (χ1n) is 8.38. The summed E-state index contributed by atoms with van der Waals surface area (Å²) in [5.74, 6) is -0.244. The zero-order valence-corrected chi connectivity index (χ0v) is 14.7. The molecule has 2 N–H and O–H groups in total. The summed E-state index contributed by atoms with van der Waals surface area (Å²) in [5, 5.41) is 11.7. The van der Waals surface area contributed by atoms with Crippen molar-refractivity contribution in [1.82, 2.24) is 4.98 Å². The maximum Gasteiger partial charge on any atom is 0.250 e. The summed E-state index contributed by atoms with van der Waals surface area (Å²) in [6.07, 6.45) is 3.50. The Morgan fingerprint density at radius 3 is 2.88 bits per heavy atom. The Balaban J connectivity index is 1.78. The predicted octanol–water partition coefficient (Wildman–Crippen LogP) is 1.95. The monoisotopic (exact) mass is 355 g/mol. The van der Waals surface area contributed by atoms with Gasteiger partial charge in [-0.25, -0.2) is 0 Å². The molecule has 0 saturated carbocycles. The van der Waals surface area contributed by atoms with E-state index in [-0.39, 0.29) is 18.4 Å². The molecule has 1 atom stereocenters. The van der Waals surface area contributed by atoms with Crippen molar-refractivity contribution in [3.05, 3.63) is 42.2 Å². The Labute approximate surface area is 151 Å². The first kappa shape index (κ1) is 18.0. The molecule has 0 radical (unpaired) electrons. The molecule has 0 spiro atoms. The Hall–Kier alpha value is -2.77. The lowest BCUT2D eigenvalue weighted by Gasteiger charge is -2.26. The fourth-order valence-corrected chi connectivity index (χ4v) is 2.90. The second-order valence-electron chi connectivity index (χ2n) is 6.22. The molecular weight excluding hydrogens is 334 g/mol. The van der Waals surface area contributed by atoms with Gasteiger partial charge < -0.3 is 20.1 Å². The summed E-state index contributed by atoms with van der Waals surface area (Å²) in [6, 6.07) is 7.75. The number of ether oxygens (including phenoxy) is 1. The molecule has 2 amide bonds. The number of carbonyl (C=O) groups is 2. The molecule has 0 aliphatic carbocycles. The van der Waals surface area contributed by atoms with Gasteiger partial charge in [0.25, 0.3) is 5.91 Å². The summed E-state index contributed by atoms with van der Waals surface area (Å²) in [7, 11) is 1.78. The van der Waals surface area contributed by atoms with Gasteiger partial charge in [0.15, 0.2) is 6.29 Å². The van der Waals surface area contributed by atoms with Crippen LogP contribution >= 0.6 is 0 Å². The van der Waals surface area contributed by atoms with E-state index in [1.807, 2.05) is 18.2 Å². The summed E-state index contributed by atoms with van der Waals surface area (Å²) >= 11 is 0. The maximum atomic E-state index is 11.8. The molecule has 1 aliphatic heterocycles. The van der Waals surface area contributed by atoms with Crippen molar-refractivity contribution in [2.24, 2.45) is 0 Å². The normalized spacial score (nSPS) is 14.7. The fraction of sp³-hybridized carbons (Fsp3) is 0.316. The van der Waals surface area contributed by atoms with Gasteiger partial charge in [0.05, 0.1) is 11.9 Å². The molecular formula is C19H21N3O4. The van der Waals surface area contributed by atoms with E-state index in [1.54, 1.807) is 24.3 Å². The average Bonchev–Trinajstić information content (AvgIpc) is 2.63. The number of nitrogens with one attached hydrogen (secondary N) is 1. The Morgan fingerprint density at radius 1 is 1.31 bits per heavy atom. The van der Waals surface area contributed by atoms with Gasteiger partial charge in [-0.15, -0.1) is 0 Å². The highest BCUT2D eigenvalue weighted by Gasteiger charge is 2.21. The second kappa shape index (κ2) is 7.63. The molecule has 1 aromatic heterocycles. The number of aliphatic hydroxyl groups is 1. The van der Waals surface area contributed by atoms with Crippen LogP contribution in [0.1, 0.15) is 18.9 Å². The van der Waals surface area contributed by atoms with Gasteiger partial charge in [0.2, 0.25) is 5.91 Å². The number of pyridine rings is 1. The van der Waals surface area contributed by atoms with Gasteiger partial charge in [-0.05, 0) is 42.7 Å². The minimum atomic E-state index is -0.995. The van der Waals surface area contributed by atoms with Crippen LogP contribution in [0.15, 0.2) is 36.7 Å². The van der Waals surface area contributed by atoms with Crippen molar-refractivity contribution in [1.29, 1.82) is 0 Å². The topological polar surface area (TPSA) is 91.8 Å². The number of fused-ring (bicyclic) bond motifs is 1. The molecule has 0 bridgehead atoms. The van der Waals surface area contributed by atoms with E-state index >= 15 is 0 Å². The highest BCUT2D eigenvalue weighted by Crippen LogP contribution is 2.31. The molecule has 7 nitrogen and oxygen atoms in total. The molecule has 2 aromatic rings. The van der Waals surface area contributed by atoms with E-state index in [0.717, 1.165) is 22.4 Å². The van der Waals surface area contributed by atoms with Crippen molar-refractivity contribution in [3.8, 4) is 11.1 Å².